The number of hydrogen-bond acceptors (Lipinski definition) is 5. The normalized spacial score (nSPS) is 17.2. The van der Waals surface area contributed by atoms with Gasteiger partial charge in [0.2, 0.25) is 0 Å². The van der Waals surface area contributed by atoms with Crippen molar-refractivity contribution in [2.24, 2.45) is 5.92 Å². The number of hydrogen-bond donors (Lipinski definition) is 1. The van der Waals surface area contributed by atoms with E-state index < -0.39 is 0 Å². The highest BCUT2D eigenvalue weighted by Crippen LogP contribution is 2.26. The van der Waals surface area contributed by atoms with Crippen LogP contribution in [-0.2, 0) is 6.54 Å². The lowest BCUT2D eigenvalue weighted by Crippen LogP contribution is -2.47. The second-order valence-corrected chi connectivity index (χ2v) is 5.35. The lowest BCUT2D eigenvalue weighted by atomic mass is 10.0. The van der Waals surface area contributed by atoms with Gasteiger partial charge >= 0.3 is 0 Å². The molecule has 0 amide bonds. The highest BCUT2D eigenvalue weighted by atomic mass is 32.1. The third-order valence-electron chi connectivity index (χ3n) is 3.00. The van der Waals surface area contributed by atoms with Gasteiger partial charge in [0.25, 0.3) is 0 Å². The molecule has 0 radical (unpaired) electrons. The molecule has 1 aliphatic heterocycles. The summed E-state index contributed by atoms with van der Waals surface area (Å²) in [6.45, 7) is 3.01. The van der Waals surface area contributed by atoms with Gasteiger partial charge in [-0.2, -0.15) is 0 Å². The van der Waals surface area contributed by atoms with E-state index in [0.717, 1.165) is 36.0 Å². The smallest absolute Gasteiger partial charge is 0.177 e. The lowest BCUT2D eigenvalue weighted by molar-refractivity contribution is 0.0463. The average molecular weight is 250 g/mol. The van der Waals surface area contributed by atoms with Crippen molar-refractivity contribution >= 4 is 11.3 Å². The summed E-state index contributed by atoms with van der Waals surface area (Å²) in [6.07, 6.45) is 0. The van der Waals surface area contributed by atoms with Crippen LogP contribution in [-0.4, -0.2) is 34.9 Å². The number of likely N-dealkylation sites (tertiary alicyclic amines) is 1. The van der Waals surface area contributed by atoms with Crippen molar-refractivity contribution in [1.82, 2.24) is 10.1 Å². The second-order valence-electron chi connectivity index (χ2n) is 4.40. The molecule has 0 aliphatic carbocycles. The van der Waals surface area contributed by atoms with Crippen molar-refractivity contribution < 1.29 is 9.63 Å². The fraction of sp³-hybridized carbons (Fsp3) is 0.417. The number of aliphatic hydroxyl groups is 1. The van der Waals surface area contributed by atoms with Gasteiger partial charge in [-0.05, 0) is 11.4 Å². The monoisotopic (exact) mass is 250 g/mol. The topological polar surface area (TPSA) is 49.5 Å². The summed E-state index contributed by atoms with van der Waals surface area (Å²) in [6, 6.07) is 6.03. The van der Waals surface area contributed by atoms with Crippen LogP contribution >= 0.6 is 11.3 Å². The van der Waals surface area contributed by atoms with Crippen LogP contribution in [0.3, 0.4) is 0 Å². The van der Waals surface area contributed by atoms with Gasteiger partial charge in [0, 0.05) is 38.2 Å². The average Bonchev–Trinajstić information content (AvgIpc) is 2.92. The van der Waals surface area contributed by atoms with Gasteiger partial charge in [0.15, 0.2) is 5.76 Å². The van der Waals surface area contributed by atoms with Crippen molar-refractivity contribution in [1.29, 1.82) is 0 Å². The number of nitrogens with zero attached hydrogens (tertiary/aromatic N) is 2. The molecule has 2 aromatic heterocycles. The summed E-state index contributed by atoms with van der Waals surface area (Å²) in [5, 5.41) is 15.0. The Morgan fingerprint density at radius 2 is 2.41 bits per heavy atom. The Balaban J connectivity index is 1.62. The molecule has 3 heterocycles. The third kappa shape index (κ3) is 2.26. The molecule has 0 saturated carbocycles. The molecule has 5 heteroatoms. The minimum atomic E-state index is 0.287. The van der Waals surface area contributed by atoms with Gasteiger partial charge in [0.1, 0.15) is 0 Å². The molecule has 17 heavy (non-hydrogen) atoms. The van der Waals surface area contributed by atoms with Crippen molar-refractivity contribution in [3.63, 3.8) is 0 Å². The quantitative estimate of drug-likeness (QED) is 0.899. The Kier molecular flexibility index (Phi) is 2.96. The minimum Gasteiger partial charge on any atom is -0.396 e. The number of rotatable bonds is 4. The van der Waals surface area contributed by atoms with Crippen LogP contribution in [0.15, 0.2) is 28.1 Å². The zero-order valence-corrected chi connectivity index (χ0v) is 10.2. The fourth-order valence-corrected chi connectivity index (χ4v) is 2.74. The Bertz CT molecular complexity index is 474. The predicted octanol–water partition coefficient (Wildman–Crippen LogP) is 1.83. The van der Waals surface area contributed by atoms with E-state index in [9.17, 15) is 0 Å². The molecule has 1 aliphatic rings. The standard InChI is InChI=1S/C12H14N2O2S/c15-8-9-5-14(6-9)7-10-4-11(16-13-10)12-2-1-3-17-12/h1-4,9,15H,5-8H2. The first-order valence-electron chi connectivity index (χ1n) is 5.68. The zero-order valence-electron chi connectivity index (χ0n) is 9.37. The van der Waals surface area contributed by atoms with Gasteiger partial charge in [-0.3, -0.25) is 4.90 Å². The van der Waals surface area contributed by atoms with E-state index in [2.05, 4.69) is 10.1 Å². The van der Waals surface area contributed by atoms with Crippen LogP contribution in [0.1, 0.15) is 5.69 Å². The first kappa shape index (κ1) is 11.0. The molecule has 0 spiro atoms. The van der Waals surface area contributed by atoms with E-state index >= 15 is 0 Å². The van der Waals surface area contributed by atoms with Gasteiger partial charge in [0.05, 0.1) is 10.6 Å². The van der Waals surface area contributed by atoms with E-state index in [0.29, 0.717) is 5.92 Å². The zero-order chi connectivity index (χ0) is 11.7. The summed E-state index contributed by atoms with van der Waals surface area (Å²) < 4.78 is 5.32. The molecule has 0 unspecified atom stereocenters. The lowest BCUT2D eigenvalue weighted by Gasteiger charge is -2.37. The van der Waals surface area contributed by atoms with Crippen LogP contribution in [0.25, 0.3) is 10.6 Å². The van der Waals surface area contributed by atoms with E-state index in [1.54, 1.807) is 11.3 Å². The second kappa shape index (κ2) is 4.60. The molecule has 3 rings (SSSR count). The van der Waals surface area contributed by atoms with Crippen LogP contribution in [0.4, 0.5) is 0 Å². The number of aromatic nitrogens is 1. The van der Waals surface area contributed by atoms with E-state index in [4.69, 9.17) is 9.63 Å². The Hall–Kier alpha value is -1.17. The van der Waals surface area contributed by atoms with E-state index in [-0.39, 0.29) is 6.61 Å². The molecular formula is C12H14N2O2S. The molecule has 0 atom stereocenters. The molecule has 0 bridgehead atoms. The number of aliphatic hydroxyl groups excluding tert-OH is 1. The molecule has 0 aromatic carbocycles. The Labute approximate surface area is 103 Å². The molecule has 2 aromatic rings. The van der Waals surface area contributed by atoms with Gasteiger partial charge < -0.3 is 9.63 Å². The largest absolute Gasteiger partial charge is 0.396 e. The summed E-state index contributed by atoms with van der Waals surface area (Å²) in [5.41, 5.74) is 0.963. The maximum Gasteiger partial charge on any atom is 0.177 e. The minimum absolute atomic E-state index is 0.287. The summed E-state index contributed by atoms with van der Waals surface area (Å²) >= 11 is 1.65. The molecule has 90 valence electrons. The Morgan fingerprint density at radius 1 is 1.53 bits per heavy atom. The third-order valence-corrected chi connectivity index (χ3v) is 3.88. The summed E-state index contributed by atoms with van der Waals surface area (Å²) in [5.74, 6) is 1.29. The SMILES string of the molecule is OCC1CN(Cc2cc(-c3cccs3)on2)C1. The van der Waals surface area contributed by atoms with Crippen LogP contribution < -0.4 is 0 Å². The van der Waals surface area contributed by atoms with Crippen molar-refractivity contribution in [2.75, 3.05) is 19.7 Å². The van der Waals surface area contributed by atoms with Gasteiger partial charge in [-0.25, -0.2) is 0 Å². The summed E-state index contributed by atoms with van der Waals surface area (Å²) in [7, 11) is 0. The van der Waals surface area contributed by atoms with E-state index in [1.807, 2.05) is 23.6 Å². The first-order valence-corrected chi connectivity index (χ1v) is 6.56. The maximum atomic E-state index is 8.94. The van der Waals surface area contributed by atoms with Gasteiger partial charge in [-0.1, -0.05) is 11.2 Å². The molecule has 4 nitrogen and oxygen atoms in total. The Morgan fingerprint density at radius 3 is 3.12 bits per heavy atom. The molecule has 1 N–H and O–H groups in total. The van der Waals surface area contributed by atoms with Crippen molar-refractivity contribution in [2.45, 2.75) is 6.54 Å². The van der Waals surface area contributed by atoms with Crippen molar-refractivity contribution in [3.05, 3.63) is 29.3 Å². The predicted molar refractivity (Wildman–Crippen MR) is 65.7 cm³/mol. The fourth-order valence-electron chi connectivity index (χ4n) is 2.07. The van der Waals surface area contributed by atoms with E-state index in [1.165, 1.54) is 0 Å². The molecular weight excluding hydrogens is 236 g/mol. The number of thiophene rings is 1. The first-order chi connectivity index (χ1) is 8.35. The van der Waals surface area contributed by atoms with Crippen LogP contribution in [0.2, 0.25) is 0 Å². The molecule has 1 fully saturated rings. The highest BCUT2D eigenvalue weighted by Gasteiger charge is 2.26. The summed E-state index contributed by atoms with van der Waals surface area (Å²) in [4.78, 5) is 3.37. The molecule has 1 saturated heterocycles. The maximum absolute atomic E-state index is 8.94. The highest BCUT2D eigenvalue weighted by molar-refractivity contribution is 7.13. The van der Waals surface area contributed by atoms with Crippen LogP contribution in [0.5, 0.6) is 0 Å². The van der Waals surface area contributed by atoms with Crippen LogP contribution in [0, 0.1) is 5.92 Å². The van der Waals surface area contributed by atoms with Gasteiger partial charge in [-0.15, -0.1) is 11.3 Å². The van der Waals surface area contributed by atoms with Crippen molar-refractivity contribution in [3.8, 4) is 10.6 Å².